The van der Waals surface area contributed by atoms with Gasteiger partial charge in [0.05, 0.1) is 35.0 Å². The summed E-state index contributed by atoms with van der Waals surface area (Å²) in [5.74, 6) is 2.57. The van der Waals surface area contributed by atoms with Crippen LogP contribution in [0.2, 0.25) is 0 Å². The van der Waals surface area contributed by atoms with Gasteiger partial charge in [-0.15, -0.1) is 0 Å². The fourth-order valence-corrected chi connectivity index (χ4v) is 8.55. The van der Waals surface area contributed by atoms with E-state index < -0.39 is 0 Å². The summed E-state index contributed by atoms with van der Waals surface area (Å²) in [6.45, 7) is 25.7. The van der Waals surface area contributed by atoms with Crippen molar-refractivity contribution in [3.05, 3.63) is 171 Å². The largest absolute Gasteiger partial charge is 0.289 e. The summed E-state index contributed by atoms with van der Waals surface area (Å²) in [5.41, 5.74) is 9.87. The van der Waals surface area contributed by atoms with E-state index in [4.69, 9.17) is 16.5 Å². The van der Waals surface area contributed by atoms with Gasteiger partial charge in [-0.05, 0) is 86.5 Å². The highest BCUT2D eigenvalue weighted by Gasteiger charge is 2.42. The summed E-state index contributed by atoms with van der Waals surface area (Å²) in [6.07, 6.45) is 3.80. The Bertz CT molecular complexity index is 2680. The zero-order valence-electron chi connectivity index (χ0n) is 34.3. The predicted octanol–water partition coefficient (Wildman–Crippen LogP) is 13.4. The molecule has 0 radical (unpaired) electrons. The molecule has 0 amide bonds. The molecule has 0 atom stereocenters. The van der Waals surface area contributed by atoms with Crippen LogP contribution in [-0.4, -0.2) is 15.8 Å². The molecule has 1 aliphatic carbocycles. The lowest BCUT2D eigenvalue weighted by Gasteiger charge is -2.32. The number of carbonyl (C=O) groups excluding carboxylic acids is 1. The van der Waals surface area contributed by atoms with E-state index in [1.165, 1.54) is 0 Å². The molecular weight excluding hydrogens is 713 g/mol. The number of Topliss-reactive ketones (excluding diaryl/α,β-unsaturated/α-hetero) is 1. The van der Waals surface area contributed by atoms with Gasteiger partial charge in [0, 0.05) is 16.7 Å². The van der Waals surface area contributed by atoms with Crippen molar-refractivity contribution in [1.29, 1.82) is 5.26 Å². The molecule has 58 heavy (non-hydrogen) atoms. The molecule has 0 bridgehead atoms. The molecule has 2 aliphatic rings. The van der Waals surface area contributed by atoms with Gasteiger partial charge in [-0.3, -0.25) is 14.6 Å². The number of nitrogens with zero attached hydrogens (tertiary/aromatic N) is 6. The van der Waals surface area contributed by atoms with Gasteiger partial charge in [0.15, 0.2) is 17.4 Å². The fraction of sp³-hybridized carbons (Fsp3) is 0.235. The first-order valence-corrected chi connectivity index (χ1v) is 20.1. The lowest BCUT2D eigenvalue weighted by atomic mass is 9.91. The van der Waals surface area contributed by atoms with Crippen LogP contribution in [0.4, 0.5) is 23.0 Å². The first kappa shape index (κ1) is 38.1. The minimum atomic E-state index is -0.221. The van der Waals surface area contributed by atoms with Gasteiger partial charge in [-0.2, -0.15) is 0 Å². The number of aromatic nitrogens is 2. The number of carbonyl (C=O) groups is 1. The van der Waals surface area contributed by atoms with Crippen LogP contribution in [-0.2, 0) is 0 Å². The molecule has 8 rings (SSSR count). The summed E-state index contributed by atoms with van der Waals surface area (Å²) >= 11 is 0. The molecule has 0 fully saturated rings. The van der Waals surface area contributed by atoms with Crippen LogP contribution in [0, 0.1) is 17.9 Å². The second kappa shape index (κ2) is 14.9. The standard InChI is InChI=1S/C51H46N6O/c1-29(2)34-18-14-19-35(30(3)4)47(34)56-44(27-26-40-45(43(28-52)53-9)39-25-24-33-16-10-11-17-38(33)46(39)49(40)58)57(48-36(31(5)6)20-15-21-37(48)32(7)8)51-50(56)54-41-22-12-13-23-42(41)55-51/h10-27,29-32H,1-8H3/b40-26-,45-43-. The first-order chi connectivity index (χ1) is 28.0. The highest BCUT2D eigenvalue weighted by atomic mass is 16.1. The van der Waals surface area contributed by atoms with Crippen LogP contribution in [0.5, 0.6) is 0 Å². The van der Waals surface area contributed by atoms with Gasteiger partial charge in [-0.25, -0.2) is 20.1 Å². The topological polar surface area (TPSA) is 77.5 Å². The van der Waals surface area contributed by atoms with Gasteiger partial charge in [0.2, 0.25) is 0 Å². The molecule has 0 saturated carbocycles. The third-order valence-corrected chi connectivity index (χ3v) is 11.3. The predicted molar refractivity (Wildman–Crippen MR) is 237 cm³/mol. The monoisotopic (exact) mass is 758 g/mol. The number of fused-ring (bicyclic) bond motifs is 5. The second-order valence-electron chi connectivity index (χ2n) is 16.3. The van der Waals surface area contributed by atoms with Crippen molar-refractivity contribution in [1.82, 2.24) is 9.97 Å². The molecule has 286 valence electrons. The van der Waals surface area contributed by atoms with E-state index in [0.29, 0.717) is 33.9 Å². The molecule has 0 spiro atoms. The van der Waals surface area contributed by atoms with Gasteiger partial charge in [-0.1, -0.05) is 140 Å². The average Bonchev–Trinajstić information content (AvgIpc) is 3.68. The van der Waals surface area contributed by atoms with Crippen LogP contribution < -0.4 is 9.80 Å². The van der Waals surface area contributed by atoms with Crippen molar-refractivity contribution in [2.75, 3.05) is 9.80 Å². The van der Waals surface area contributed by atoms with Gasteiger partial charge in [0.25, 0.3) is 5.70 Å². The highest BCUT2D eigenvalue weighted by Crippen LogP contribution is 2.54. The molecule has 5 aromatic carbocycles. The van der Waals surface area contributed by atoms with E-state index in [1.54, 1.807) is 0 Å². The summed E-state index contributed by atoms with van der Waals surface area (Å²) in [6, 6.07) is 34.7. The molecule has 0 saturated heterocycles. The number of hydrogen-bond donors (Lipinski definition) is 0. The van der Waals surface area contributed by atoms with Crippen molar-refractivity contribution in [3.63, 3.8) is 0 Å². The van der Waals surface area contributed by atoms with Crippen LogP contribution in [0.3, 0.4) is 0 Å². The number of anilines is 4. The third kappa shape index (κ3) is 6.06. The van der Waals surface area contributed by atoms with Crippen molar-refractivity contribution < 1.29 is 4.79 Å². The summed E-state index contributed by atoms with van der Waals surface area (Å²) in [7, 11) is 0. The van der Waals surface area contributed by atoms with Crippen LogP contribution in [0.25, 0.3) is 32.2 Å². The van der Waals surface area contributed by atoms with Crippen LogP contribution >= 0.6 is 0 Å². The molecule has 0 unspecified atom stereocenters. The maximum absolute atomic E-state index is 14.8. The summed E-state index contributed by atoms with van der Waals surface area (Å²) in [5, 5.41) is 12.0. The number of ketones is 1. The SMILES string of the molecule is [C-]#[N+]/C(C#N)=C1\C(=C\C=C2N(c3c(C(C)C)cccc3C(C)C)c3nc4ccccc4nc3N2c2c(C(C)C)cccc2C(C)C)C(=O)c2c1ccc1ccccc21. The number of nitriles is 1. The Balaban J connectivity index is 1.53. The minimum absolute atomic E-state index is 0.121. The Morgan fingerprint density at radius 3 is 1.60 bits per heavy atom. The first-order valence-electron chi connectivity index (χ1n) is 20.1. The molecule has 7 heteroatoms. The molecule has 6 aromatic rings. The van der Waals surface area contributed by atoms with Gasteiger partial charge in [0.1, 0.15) is 5.82 Å². The Morgan fingerprint density at radius 1 is 0.655 bits per heavy atom. The Labute approximate surface area is 341 Å². The summed E-state index contributed by atoms with van der Waals surface area (Å²) in [4.78, 5) is 33.8. The lowest BCUT2D eigenvalue weighted by molar-refractivity contribution is 0.104. The van der Waals surface area contributed by atoms with Crippen molar-refractivity contribution in [2.24, 2.45) is 0 Å². The van der Waals surface area contributed by atoms with E-state index in [1.807, 2.05) is 72.8 Å². The molecule has 2 heterocycles. The zero-order chi connectivity index (χ0) is 41.0. The number of para-hydroxylation sites is 4. The number of rotatable bonds is 7. The minimum Gasteiger partial charge on any atom is -0.289 e. The van der Waals surface area contributed by atoms with Gasteiger partial charge < -0.3 is 0 Å². The molecule has 7 nitrogen and oxygen atoms in total. The maximum Gasteiger partial charge on any atom is 0.270 e. The summed E-state index contributed by atoms with van der Waals surface area (Å²) < 4.78 is 0. The van der Waals surface area contributed by atoms with Gasteiger partial charge >= 0.3 is 0 Å². The maximum atomic E-state index is 14.8. The number of hydrogen-bond acceptors (Lipinski definition) is 6. The highest BCUT2D eigenvalue weighted by molar-refractivity contribution is 6.32. The van der Waals surface area contributed by atoms with E-state index >= 15 is 0 Å². The molecule has 1 aliphatic heterocycles. The molecule has 0 N–H and O–H groups in total. The van der Waals surface area contributed by atoms with Crippen LogP contribution in [0.1, 0.15) is 117 Å². The van der Waals surface area contributed by atoms with Crippen LogP contribution in [0.15, 0.2) is 126 Å². The Morgan fingerprint density at radius 2 is 1.14 bits per heavy atom. The smallest absolute Gasteiger partial charge is 0.270 e. The van der Waals surface area contributed by atoms with E-state index in [9.17, 15) is 10.1 Å². The quantitative estimate of drug-likeness (QED) is 0.0916. The van der Waals surface area contributed by atoms with Crippen molar-refractivity contribution in [3.8, 4) is 6.07 Å². The Hall–Kier alpha value is -6.83. The van der Waals surface area contributed by atoms with E-state index in [-0.39, 0.29) is 35.2 Å². The molecule has 1 aromatic heterocycles. The second-order valence-corrected chi connectivity index (χ2v) is 16.3. The number of benzene rings is 5. The third-order valence-electron chi connectivity index (χ3n) is 11.3. The number of allylic oxidation sites excluding steroid dienone is 5. The molecular formula is C51H46N6O. The van der Waals surface area contributed by atoms with E-state index in [0.717, 1.165) is 61.3 Å². The van der Waals surface area contributed by atoms with Crippen molar-refractivity contribution >= 4 is 56.2 Å². The lowest BCUT2D eigenvalue weighted by Crippen LogP contribution is -2.26. The normalized spacial score (nSPS) is 15.3. The van der Waals surface area contributed by atoms with E-state index in [2.05, 4.69) is 113 Å². The fourth-order valence-electron chi connectivity index (χ4n) is 8.55. The zero-order valence-corrected chi connectivity index (χ0v) is 34.3. The Kier molecular flexibility index (Phi) is 9.79. The van der Waals surface area contributed by atoms with Crippen molar-refractivity contribution in [2.45, 2.75) is 79.1 Å². The average molecular weight is 759 g/mol.